The third kappa shape index (κ3) is 4.40. The number of nitrogens with zero attached hydrogens (tertiary/aromatic N) is 1. The van der Waals surface area contributed by atoms with E-state index in [9.17, 15) is 4.79 Å². The molecule has 0 radical (unpaired) electrons. The fourth-order valence-electron chi connectivity index (χ4n) is 2.19. The molecule has 0 fully saturated rings. The quantitative estimate of drug-likeness (QED) is 0.890. The van der Waals surface area contributed by atoms with Crippen LogP contribution in [-0.2, 0) is 16.0 Å². The molecule has 0 spiro atoms. The van der Waals surface area contributed by atoms with Gasteiger partial charge < -0.3 is 10.1 Å². The van der Waals surface area contributed by atoms with Crippen molar-refractivity contribution in [3.05, 3.63) is 59.4 Å². The van der Waals surface area contributed by atoms with Crippen molar-refractivity contribution in [2.24, 2.45) is 0 Å². The monoisotopic (exact) mass is 298 g/mol. The first-order valence-corrected chi connectivity index (χ1v) is 7.52. The van der Waals surface area contributed by atoms with Gasteiger partial charge in [-0.3, -0.25) is 9.78 Å². The number of ether oxygens (including phenoxy) is 1. The van der Waals surface area contributed by atoms with Crippen LogP contribution in [0.5, 0.6) is 0 Å². The molecule has 1 N–H and O–H groups in total. The third-order valence-corrected chi connectivity index (χ3v) is 3.46. The Bertz CT molecular complexity index is 626. The van der Waals surface area contributed by atoms with Crippen molar-refractivity contribution >= 4 is 11.6 Å². The number of hydrogen-bond donors (Lipinski definition) is 1. The molecule has 1 amide bonds. The number of rotatable bonds is 6. The van der Waals surface area contributed by atoms with Crippen LogP contribution in [0, 0.1) is 6.92 Å². The number of benzene rings is 1. The Kier molecular flexibility index (Phi) is 5.67. The van der Waals surface area contributed by atoms with Gasteiger partial charge in [0, 0.05) is 30.6 Å². The summed E-state index contributed by atoms with van der Waals surface area (Å²) in [5.74, 6) is -0.125. The van der Waals surface area contributed by atoms with E-state index in [2.05, 4.69) is 16.4 Å². The molecule has 0 aliphatic rings. The van der Waals surface area contributed by atoms with E-state index in [0.29, 0.717) is 6.61 Å². The maximum atomic E-state index is 12.1. The van der Waals surface area contributed by atoms with Gasteiger partial charge in [-0.05, 0) is 50.1 Å². The molecular weight excluding hydrogens is 276 g/mol. The Morgan fingerprint density at radius 2 is 2.14 bits per heavy atom. The molecule has 0 unspecified atom stereocenters. The van der Waals surface area contributed by atoms with Crippen LogP contribution in [-0.4, -0.2) is 23.6 Å². The highest BCUT2D eigenvalue weighted by atomic mass is 16.5. The van der Waals surface area contributed by atoms with Gasteiger partial charge in [0.1, 0.15) is 6.10 Å². The van der Waals surface area contributed by atoms with Crippen LogP contribution in [0.25, 0.3) is 0 Å². The Morgan fingerprint density at radius 1 is 1.32 bits per heavy atom. The standard InChI is InChI=1S/C18H22N2O2/c1-4-22-14(3)18(21)20-17-12-15(9-8-13(17)2)11-16-7-5-6-10-19-16/h5-10,12,14H,4,11H2,1-3H3,(H,20,21)/t14-/m1/s1. The van der Waals surface area contributed by atoms with E-state index in [1.165, 1.54) is 0 Å². The summed E-state index contributed by atoms with van der Waals surface area (Å²) in [5.41, 5.74) is 3.97. The summed E-state index contributed by atoms with van der Waals surface area (Å²) in [6.45, 7) is 6.13. The van der Waals surface area contributed by atoms with E-state index in [-0.39, 0.29) is 5.91 Å². The van der Waals surface area contributed by atoms with Crippen molar-refractivity contribution in [1.29, 1.82) is 0 Å². The van der Waals surface area contributed by atoms with Crippen molar-refractivity contribution in [2.45, 2.75) is 33.3 Å². The van der Waals surface area contributed by atoms with Crippen LogP contribution in [0.1, 0.15) is 30.7 Å². The van der Waals surface area contributed by atoms with Crippen LogP contribution < -0.4 is 5.32 Å². The molecule has 116 valence electrons. The molecule has 2 aromatic rings. The van der Waals surface area contributed by atoms with Crippen LogP contribution in [0.2, 0.25) is 0 Å². The lowest BCUT2D eigenvalue weighted by atomic mass is 10.1. The number of hydrogen-bond acceptors (Lipinski definition) is 3. The van der Waals surface area contributed by atoms with Crippen molar-refractivity contribution in [1.82, 2.24) is 4.98 Å². The highest BCUT2D eigenvalue weighted by molar-refractivity contribution is 5.94. The number of nitrogens with one attached hydrogen (secondary N) is 1. The molecule has 22 heavy (non-hydrogen) atoms. The molecule has 1 atom stereocenters. The smallest absolute Gasteiger partial charge is 0.253 e. The molecular formula is C18H22N2O2. The Morgan fingerprint density at radius 3 is 2.82 bits per heavy atom. The van der Waals surface area contributed by atoms with Crippen molar-refractivity contribution in [3.8, 4) is 0 Å². The minimum absolute atomic E-state index is 0.125. The highest BCUT2D eigenvalue weighted by Crippen LogP contribution is 2.19. The molecule has 0 bridgehead atoms. The fraction of sp³-hybridized carbons (Fsp3) is 0.333. The lowest BCUT2D eigenvalue weighted by molar-refractivity contribution is -0.126. The molecule has 0 aliphatic carbocycles. The van der Waals surface area contributed by atoms with E-state index in [0.717, 1.165) is 28.9 Å². The Labute approximate surface area is 131 Å². The van der Waals surface area contributed by atoms with Crippen molar-refractivity contribution in [2.75, 3.05) is 11.9 Å². The van der Waals surface area contributed by atoms with Gasteiger partial charge in [-0.2, -0.15) is 0 Å². The number of anilines is 1. The average molecular weight is 298 g/mol. The molecule has 0 saturated carbocycles. The zero-order valence-electron chi connectivity index (χ0n) is 13.3. The largest absolute Gasteiger partial charge is 0.369 e. The summed E-state index contributed by atoms with van der Waals surface area (Å²) in [6, 6.07) is 11.9. The normalized spacial score (nSPS) is 12.0. The van der Waals surface area contributed by atoms with Crippen molar-refractivity contribution < 1.29 is 9.53 Å². The van der Waals surface area contributed by atoms with Crippen LogP contribution in [0.3, 0.4) is 0 Å². The van der Waals surface area contributed by atoms with Gasteiger partial charge >= 0.3 is 0 Å². The predicted octanol–water partition coefficient (Wildman–Crippen LogP) is 3.34. The second-order valence-corrected chi connectivity index (χ2v) is 5.23. The average Bonchev–Trinajstić information content (AvgIpc) is 2.52. The number of aromatic nitrogens is 1. The topological polar surface area (TPSA) is 51.2 Å². The second-order valence-electron chi connectivity index (χ2n) is 5.23. The first-order chi connectivity index (χ1) is 10.6. The molecule has 0 aliphatic heterocycles. The summed E-state index contributed by atoms with van der Waals surface area (Å²) in [6.07, 6.45) is 2.07. The summed E-state index contributed by atoms with van der Waals surface area (Å²) in [7, 11) is 0. The third-order valence-electron chi connectivity index (χ3n) is 3.46. The fourth-order valence-corrected chi connectivity index (χ4v) is 2.19. The minimum atomic E-state index is -0.455. The maximum absolute atomic E-state index is 12.1. The number of carbonyl (C=O) groups is 1. The Hall–Kier alpha value is -2.20. The highest BCUT2D eigenvalue weighted by Gasteiger charge is 2.14. The first-order valence-electron chi connectivity index (χ1n) is 7.52. The lowest BCUT2D eigenvalue weighted by Crippen LogP contribution is -2.28. The first kappa shape index (κ1) is 16.2. The molecule has 1 aromatic heterocycles. The number of pyridine rings is 1. The van der Waals surface area contributed by atoms with Gasteiger partial charge in [0.2, 0.25) is 0 Å². The molecule has 1 aromatic carbocycles. The van der Waals surface area contributed by atoms with Crippen LogP contribution in [0.15, 0.2) is 42.6 Å². The number of amides is 1. The zero-order chi connectivity index (χ0) is 15.9. The van der Waals surface area contributed by atoms with Gasteiger partial charge in [-0.15, -0.1) is 0 Å². The van der Waals surface area contributed by atoms with Crippen LogP contribution in [0.4, 0.5) is 5.69 Å². The molecule has 1 heterocycles. The van der Waals surface area contributed by atoms with E-state index in [4.69, 9.17) is 4.74 Å². The SMILES string of the molecule is CCO[C@H](C)C(=O)Nc1cc(Cc2ccccn2)ccc1C. The van der Waals surface area contributed by atoms with Gasteiger partial charge in [0.05, 0.1) is 0 Å². The number of aryl methyl sites for hydroxylation is 1. The summed E-state index contributed by atoms with van der Waals surface area (Å²) in [4.78, 5) is 16.4. The predicted molar refractivity (Wildman–Crippen MR) is 87.9 cm³/mol. The minimum Gasteiger partial charge on any atom is -0.369 e. The molecule has 2 rings (SSSR count). The number of carbonyl (C=O) groups excluding carboxylic acids is 1. The van der Waals surface area contributed by atoms with Gasteiger partial charge in [-0.25, -0.2) is 0 Å². The second kappa shape index (κ2) is 7.71. The van der Waals surface area contributed by atoms with E-state index < -0.39 is 6.10 Å². The summed E-state index contributed by atoms with van der Waals surface area (Å²) < 4.78 is 5.32. The van der Waals surface area contributed by atoms with Gasteiger partial charge in [0.15, 0.2) is 0 Å². The van der Waals surface area contributed by atoms with Crippen molar-refractivity contribution in [3.63, 3.8) is 0 Å². The van der Waals surface area contributed by atoms with Crippen LogP contribution >= 0.6 is 0 Å². The summed E-state index contributed by atoms with van der Waals surface area (Å²) in [5, 5.41) is 2.94. The van der Waals surface area contributed by atoms with Gasteiger partial charge in [0.25, 0.3) is 5.91 Å². The van der Waals surface area contributed by atoms with E-state index in [1.807, 2.05) is 44.2 Å². The molecule has 4 heteroatoms. The zero-order valence-corrected chi connectivity index (χ0v) is 13.3. The Balaban J connectivity index is 2.11. The summed E-state index contributed by atoms with van der Waals surface area (Å²) >= 11 is 0. The maximum Gasteiger partial charge on any atom is 0.253 e. The molecule has 4 nitrogen and oxygen atoms in total. The molecule has 0 saturated heterocycles. The lowest BCUT2D eigenvalue weighted by Gasteiger charge is -2.14. The van der Waals surface area contributed by atoms with E-state index in [1.54, 1.807) is 13.1 Å². The van der Waals surface area contributed by atoms with E-state index >= 15 is 0 Å². The van der Waals surface area contributed by atoms with Gasteiger partial charge in [-0.1, -0.05) is 18.2 Å².